The van der Waals surface area contributed by atoms with E-state index >= 15 is 0 Å². The molecule has 2 aromatic rings. The Balaban J connectivity index is 1.71. The van der Waals surface area contributed by atoms with Gasteiger partial charge in [0, 0.05) is 30.4 Å². The number of anilines is 1. The summed E-state index contributed by atoms with van der Waals surface area (Å²) in [6.45, 7) is 3.55. The maximum absolute atomic E-state index is 12.8. The Bertz CT molecular complexity index is 902. The standard InChI is InChI=1S/C21H26N2O4S/c1-2-27-19-9-7-8-18(16-19)22-21(24)17-10-12-20(13-11-17)28(25,26)23-14-5-3-4-6-15-23/h7-13,16H,2-6,14-15H2,1H3,(H,22,24). The van der Waals surface area contributed by atoms with Crippen LogP contribution in [0.2, 0.25) is 0 Å². The predicted molar refractivity (Wildman–Crippen MR) is 109 cm³/mol. The van der Waals surface area contributed by atoms with Crippen molar-refractivity contribution in [1.29, 1.82) is 0 Å². The molecule has 1 saturated heterocycles. The number of carbonyl (C=O) groups excluding carboxylic acids is 1. The lowest BCUT2D eigenvalue weighted by Gasteiger charge is -2.20. The number of nitrogens with zero attached hydrogens (tertiary/aromatic N) is 1. The molecular formula is C21H26N2O4S. The first-order valence-electron chi connectivity index (χ1n) is 9.65. The van der Waals surface area contributed by atoms with Gasteiger partial charge in [-0.25, -0.2) is 8.42 Å². The fraction of sp³-hybridized carbons (Fsp3) is 0.381. The normalized spacial score (nSPS) is 15.6. The molecule has 1 heterocycles. The van der Waals surface area contributed by atoms with Gasteiger partial charge in [0.25, 0.3) is 5.91 Å². The van der Waals surface area contributed by atoms with Crippen molar-refractivity contribution in [2.75, 3.05) is 25.0 Å². The monoisotopic (exact) mass is 402 g/mol. The van der Waals surface area contributed by atoms with Crippen LogP contribution in [-0.4, -0.2) is 38.3 Å². The Morgan fingerprint density at radius 1 is 1.04 bits per heavy atom. The number of ether oxygens (including phenoxy) is 1. The molecule has 0 saturated carbocycles. The molecule has 1 N–H and O–H groups in total. The molecule has 1 amide bonds. The highest BCUT2D eigenvalue weighted by atomic mass is 32.2. The maximum Gasteiger partial charge on any atom is 0.255 e. The quantitative estimate of drug-likeness (QED) is 0.795. The molecule has 0 aliphatic carbocycles. The molecule has 150 valence electrons. The molecule has 1 fully saturated rings. The summed E-state index contributed by atoms with van der Waals surface area (Å²) in [6.07, 6.45) is 3.91. The van der Waals surface area contributed by atoms with Gasteiger partial charge in [0.2, 0.25) is 10.0 Å². The zero-order valence-corrected chi connectivity index (χ0v) is 16.9. The number of sulfonamides is 1. The predicted octanol–water partition coefficient (Wildman–Crippen LogP) is 3.90. The van der Waals surface area contributed by atoms with Crippen LogP contribution in [0.15, 0.2) is 53.4 Å². The number of nitrogens with one attached hydrogen (secondary N) is 1. The van der Waals surface area contributed by atoms with Crippen LogP contribution < -0.4 is 10.1 Å². The Kier molecular flexibility index (Phi) is 6.70. The molecule has 7 heteroatoms. The van der Waals surface area contributed by atoms with E-state index in [1.54, 1.807) is 34.6 Å². The first-order valence-corrected chi connectivity index (χ1v) is 11.1. The zero-order chi connectivity index (χ0) is 20.0. The molecule has 3 rings (SSSR count). The van der Waals surface area contributed by atoms with Crippen LogP contribution in [0.25, 0.3) is 0 Å². The highest BCUT2D eigenvalue weighted by molar-refractivity contribution is 7.89. The molecule has 1 aliphatic rings. The molecular weight excluding hydrogens is 376 g/mol. The van der Waals surface area contributed by atoms with E-state index in [9.17, 15) is 13.2 Å². The Morgan fingerprint density at radius 3 is 2.36 bits per heavy atom. The molecule has 0 aromatic heterocycles. The average Bonchev–Trinajstić information content (AvgIpc) is 2.99. The summed E-state index contributed by atoms with van der Waals surface area (Å²) in [4.78, 5) is 12.7. The fourth-order valence-electron chi connectivity index (χ4n) is 3.24. The van der Waals surface area contributed by atoms with Gasteiger partial charge in [-0.15, -0.1) is 0 Å². The molecule has 0 unspecified atom stereocenters. The number of hydrogen-bond donors (Lipinski definition) is 1. The van der Waals surface area contributed by atoms with Gasteiger partial charge in [0.15, 0.2) is 0 Å². The van der Waals surface area contributed by atoms with E-state index in [-0.39, 0.29) is 10.8 Å². The second-order valence-electron chi connectivity index (χ2n) is 6.76. The summed E-state index contributed by atoms with van der Waals surface area (Å²) in [7, 11) is -3.51. The lowest BCUT2D eigenvalue weighted by atomic mass is 10.2. The van der Waals surface area contributed by atoms with Crippen LogP contribution in [-0.2, 0) is 10.0 Å². The minimum atomic E-state index is -3.51. The van der Waals surface area contributed by atoms with E-state index in [1.807, 2.05) is 13.0 Å². The van der Waals surface area contributed by atoms with Crippen molar-refractivity contribution >= 4 is 21.6 Å². The molecule has 1 aliphatic heterocycles. The number of hydrogen-bond acceptors (Lipinski definition) is 4. The zero-order valence-electron chi connectivity index (χ0n) is 16.1. The van der Waals surface area contributed by atoms with Crippen molar-refractivity contribution in [3.63, 3.8) is 0 Å². The number of carbonyl (C=O) groups is 1. The maximum atomic E-state index is 12.8. The van der Waals surface area contributed by atoms with Gasteiger partial charge in [-0.1, -0.05) is 18.9 Å². The van der Waals surface area contributed by atoms with Crippen molar-refractivity contribution in [2.45, 2.75) is 37.5 Å². The van der Waals surface area contributed by atoms with Crippen LogP contribution in [0.3, 0.4) is 0 Å². The second kappa shape index (κ2) is 9.21. The van der Waals surface area contributed by atoms with Crippen LogP contribution >= 0.6 is 0 Å². The number of rotatable bonds is 6. The summed E-state index contributed by atoms with van der Waals surface area (Å²) in [5.74, 6) is 0.381. The van der Waals surface area contributed by atoms with Crippen LogP contribution in [0.1, 0.15) is 43.0 Å². The van der Waals surface area contributed by atoms with E-state index in [0.717, 1.165) is 25.7 Å². The van der Waals surface area contributed by atoms with E-state index < -0.39 is 10.0 Å². The molecule has 0 spiro atoms. The first kappa shape index (κ1) is 20.4. The summed E-state index contributed by atoms with van der Waals surface area (Å²) >= 11 is 0. The van der Waals surface area contributed by atoms with Gasteiger partial charge in [0.05, 0.1) is 11.5 Å². The third-order valence-electron chi connectivity index (χ3n) is 4.72. The molecule has 0 bridgehead atoms. The summed E-state index contributed by atoms with van der Waals surface area (Å²) in [5, 5.41) is 2.81. The Hall–Kier alpha value is -2.38. The first-order chi connectivity index (χ1) is 13.5. The summed E-state index contributed by atoms with van der Waals surface area (Å²) in [6, 6.07) is 13.3. The topological polar surface area (TPSA) is 75.7 Å². The van der Waals surface area contributed by atoms with Crippen molar-refractivity contribution < 1.29 is 17.9 Å². The van der Waals surface area contributed by atoms with Crippen LogP contribution in [0.5, 0.6) is 5.75 Å². The van der Waals surface area contributed by atoms with Crippen LogP contribution in [0.4, 0.5) is 5.69 Å². The van der Waals surface area contributed by atoms with Gasteiger partial charge in [-0.2, -0.15) is 4.31 Å². The number of amides is 1. The molecule has 2 aromatic carbocycles. The molecule has 6 nitrogen and oxygen atoms in total. The average molecular weight is 403 g/mol. The highest BCUT2D eigenvalue weighted by Crippen LogP contribution is 2.22. The van der Waals surface area contributed by atoms with Crippen molar-refractivity contribution in [2.24, 2.45) is 0 Å². The lowest BCUT2D eigenvalue weighted by molar-refractivity contribution is 0.102. The van der Waals surface area contributed by atoms with Gasteiger partial charge in [0.1, 0.15) is 5.75 Å². The largest absolute Gasteiger partial charge is 0.494 e. The van der Waals surface area contributed by atoms with Crippen molar-refractivity contribution in [1.82, 2.24) is 4.31 Å². The minimum absolute atomic E-state index is 0.226. The van der Waals surface area contributed by atoms with Gasteiger partial charge < -0.3 is 10.1 Å². The van der Waals surface area contributed by atoms with Crippen LogP contribution in [0, 0.1) is 0 Å². The fourth-order valence-corrected chi connectivity index (χ4v) is 4.76. The molecule has 28 heavy (non-hydrogen) atoms. The van der Waals surface area contributed by atoms with E-state index in [1.165, 1.54) is 12.1 Å². The Labute approximate surface area is 166 Å². The lowest BCUT2D eigenvalue weighted by Crippen LogP contribution is -2.31. The SMILES string of the molecule is CCOc1cccc(NC(=O)c2ccc(S(=O)(=O)N3CCCCCC3)cc2)c1. The van der Waals surface area contributed by atoms with Crippen molar-refractivity contribution in [3.05, 3.63) is 54.1 Å². The van der Waals surface area contributed by atoms with Gasteiger partial charge in [-0.3, -0.25) is 4.79 Å². The summed E-state index contributed by atoms with van der Waals surface area (Å²) in [5.41, 5.74) is 1.02. The van der Waals surface area contributed by atoms with E-state index in [2.05, 4.69) is 5.32 Å². The second-order valence-corrected chi connectivity index (χ2v) is 8.70. The van der Waals surface area contributed by atoms with E-state index in [0.29, 0.717) is 36.7 Å². The molecule has 0 radical (unpaired) electrons. The third-order valence-corrected chi connectivity index (χ3v) is 6.64. The van der Waals surface area contributed by atoms with Gasteiger partial charge >= 0.3 is 0 Å². The Morgan fingerprint density at radius 2 is 1.71 bits per heavy atom. The third kappa shape index (κ3) is 4.91. The van der Waals surface area contributed by atoms with Crippen molar-refractivity contribution in [3.8, 4) is 5.75 Å². The minimum Gasteiger partial charge on any atom is -0.494 e. The molecule has 0 atom stereocenters. The van der Waals surface area contributed by atoms with E-state index in [4.69, 9.17) is 4.74 Å². The number of benzene rings is 2. The smallest absolute Gasteiger partial charge is 0.255 e. The highest BCUT2D eigenvalue weighted by Gasteiger charge is 2.25. The summed E-state index contributed by atoms with van der Waals surface area (Å²) < 4.78 is 32.6. The van der Waals surface area contributed by atoms with Gasteiger partial charge in [-0.05, 0) is 56.2 Å².